The van der Waals surface area contributed by atoms with Crippen LogP contribution in [0.15, 0.2) is 29.3 Å². The molecule has 0 spiro atoms. The van der Waals surface area contributed by atoms with Crippen molar-refractivity contribution < 1.29 is 14.5 Å². The second-order valence-corrected chi connectivity index (χ2v) is 6.09. The lowest BCUT2D eigenvalue weighted by atomic mass is 10.2. The first-order valence-electron chi connectivity index (χ1n) is 7.21. The number of nitrogens with two attached hydrogens (primary N) is 1. The van der Waals surface area contributed by atoms with E-state index in [9.17, 15) is 10.1 Å². The van der Waals surface area contributed by atoms with Crippen molar-refractivity contribution >= 4 is 29.2 Å². The van der Waals surface area contributed by atoms with Crippen molar-refractivity contribution in [1.29, 1.82) is 10.5 Å². The highest BCUT2D eigenvalue weighted by atomic mass is 32.2. The summed E-state index contributed by atoms with van der Waals surface area (Å²) >= 11 is 1.13. The van der Waals surface area contributed by atoms with E-state index in [1.54, 1.807) is 6.07 Å². The Morgan fingerprint density at radius 3 is 2.68 bits per heavy atom. The number of ether oxygens (including phenoxy) is 1. The number of pyridine rings is 1. The number of thioether (sulfide) groups is 1. The summed E-state index contributed by atoms with van der Waals surface area (Å²) in [6, 6.07) is 10.8. The highest BCUT2D eigenvalue weighted by molar-refractivity contribution is 7.99. The number of carbonyl (C=O) groups excluding carboxylic acids is 1. The summed E-state index contributed by atoms with van der Waals surface area (Å²) in [5.74, 6) is 0.530. The van der Waals surface area contributed by atoms with Crippen molar-refractivity contribution in [3.05, 3.63) is 41.0 Å². The number of hydrogen-bond acceptors (Lipinski definition) is 6. The number of amides is 1. The smallest absolute Gasteiger partial charge is 0.289 e. The Balaban J connectivity index is 2.11. The number of anilines is 2. The van der Waals surface area contributed by atoms with Crippen LogP contribution in [0.3, 0.4) is 0 Å². The molecule has 2 aromatic rings. The fourth-order valence-electron chi connectivity index (χ4n) is 2.08. The molecule has 0 aliphatic carbocycles. The number of carbonyl (C=O) groups is 1. The molecule has 0 bridgehead atoms. The Kier molecular flexibility index (Phi) is 5.83. The molecular formula is C17H16N5O2S+. The van der Waals surface area contributed by atoms with E-state index in [0.717, 1.165) is 17.3 Å². The van der Waals surface area contributed by atoms with Crippen LogP contribution in [0.2, 0.25) is 0 Å². The van der Waals surface area contributed by atoms with Crippen LogP contribution in [0, 0.1) is 29.6 Å². The highest BCUT2D eigenvalue weighted by Gasteiger charge is 2.16. The SMILES string of the molecule is COc1ccc(C)cc1NC(=O)CSc1[nH+]c(N)c(C#N)cc1C#N. The molecule has 1 heterocycles. The lowest BCUT2D eigenvalue weighted by Gasteiger charge is -2.10. The third-order valence-corrected chi connectivity index (χ3v) is 4.31. The number of aromatic amines is 1. The van der Waals surface area contributed by atoms with Gasteiger partial charge >= 0.3 is 0 Å². The topological polar surface area (TPSA) is 126 Å². The predicted octanol–water partition coefficient (Wildman–Crippen LogP) is 1.87. The molecule has 0 fully saturated rings. The second-order valence-electron chi connectivity index (χ2n) is 5.10. The van der Waals surface area contributed by atoms with E-state index < -0.39 is 0 Å². The van der Waals surface area contributed by atoms with Crippen LogP contribution in [0.1, 0.15) is 16.7 Å². The summed E-state index contributed by atoms with van der Waals surface area (Å²) in [4.78, 5) is 15.0. The zero-order chi connectivity index (χ0) is 18.4. The first-order chi connectivity index (χ1) is 12.0. The van der Waals surface area contributed by atoms with Gasteiger partial charge in [-0.25, -0.2) is 4.98 Å². The molecule has 1 aromatic heterocycles. The molecule has 126 valence electrons. The van der Waals surface area contributed by atoms with E-state index in [4.69, 9.17) is 15.7 Å². The summed E-state index contributed by atoms with van der Waals surface area (Å²) in [6.07, 6.45) is 0. The van der Waals surface area contributed by atoms with Gasteiger partial charge in [-0.15, -0.1) is 0 Å². The fourth-order valence-corrected chi connectivity index (χ4v) is 2.87. The van der Waals surface area contributed by atoms with Gasteiger partial charge in [-0.1, -0.05) is 17.8 Å². The summed E-state index contributed by atoms with van der Waals surface area (Å²) in [5.41, 5.74) is 7.74. The molecule has 1 amide bonds. The number of aromatic nitrogens is 1. The van der Waals surface area contributed by atoms with Crippen molar-refractivity contribution in [2.24, 2.45) is 0 Å². The Morgan fingerprint density at radius 1 is 1.32 bits per heavy atom. The number of nitrogens with one attached hydrogen (secondary N) is 2. The van der Waals surface area contributed by atoms with E-state index in [1.165, 1.54) is 13.2 Å². The van der Waals surface area contributed by atoms with E-state index in [0.29, 0.717) is 16.5 Å². The fraction of sp³-hybridized carbons (Fsp3) is 0.176. The predicted molar refractivity (Wildman–Crippen MR) is 93.9 cm³/mol. The highest BCUT2D eigenvalue weighted by Crippen LogP contribution is 2.26. The molecule has 0 radical (unpaired) electrons. The molecule has 25 heavy (non-hydrogen) atoms. The van der Waals surface area contributed by atoms with Gasteiger partial charge in [-0.05, 0) is 30.7 Å². The third-order valence-electron chi connectivity index (χ3n) is 3.29. The molecular weight excluding hydrogens is 338 g/mol. The average Bonchev–Trinajstić information content (AvgIpc) is 2.60. The first-order valence-corrected chi connectivity index (χ1v) is 8.20. The monoisotopic (exact) mass is 354 g/mol. The molecule has 8 heteroatoms. The maximum absolute atomic E-state index is 12.2. The Bertz CT molecular complexity index is 899. The molecule has 0 saturated carbocycles. The molecule has 0 aliphatic heterocycles. The van der Waals surface area contributed by atoms with Gasteiger partial charge in [0, 0.05) is 0 Å². The average molecular weight is 354 g/mol. The second kappa shape index (κ2) is 8.04. The van der Waals surface area contributed by atoms with Crippen LogP contribution in [-0.4, -0.2) is 18.8 Å². The maximum Gasteiger partial charge on any atom is 0.289 e. The Labute approximate surface area is 149 Å². The van der Waals surface area contributed by atoms with Crippen molar-refractivity contribution in [3.63, 3.8) is 0 Å². The van der Waals surface area contributed by atoms with Gasteiger partial charge in [-0.2, -0.15) is 10.5 Å². The van der Waals surface area contributed by atoms with Gasteiger partial charge in [0.1, 0.15) is 29.0 Å². The minimum absolute atomic E-state index is 0.0631. The van der Waals surface area contributed by atoms with E-state index in [2.05, 4.69) is 10.3 Å². The van der Waals surface area contributed by atoms with Crippen molar-refractivity contribution in [3.8, 4) is 17.9 Å². The number of nitrogens with zero attached hydrogens (tertiary/aromatic N) is 2. The van der Waals surface area contributed by atoms with Crippen LogP contribution in [-0.2, 0) is 4.79 Å². The Hall–Kier alpha value is -3.23. The normalized spacial score (nSPS) is 9.76. The number of methoxy groups -OCH3 is 1. The molecule has 0 atom stereocenters. The van der Waals surface area contributed by atoms with E-state index >= 15 is 0 Å². The largest absolute Gasteiger partial charge is 0.495 e. The van der Waals surface area contributed by atoms with Crippen LogP contribution < -0.4 is 20.8 Å². The number of hydrogen-bond donors (Lipinski definition) is 2. The summed E-state index contributed by atoms with van der Waals surface area (Å²) < 4.78 is 5.22. The molecule has 4 N–H and O–H groups in total. The molecule has 0 aliphatic rings. The minimum Gasteiger partial charge on any atom is -0.495 e. The van der Waals surface area contributed by atoms with Gasteiger partial charge in [0.25, 0.3) is 5.82 Å². The van der Waals surface area contributed by atoms with Gasteiger partial charge in [0.05, 0.1) is 18.6 Å². The number of aryl methyl sites for hydroxylation is 1. The van der Waals surface area contributed by atoms with Crippen molar-refractivity contribution in [2.75, 3.05) is 23.9 Å². The Morgan fingerprint density at radius 2 is 2.04 bits per heavy atom. The number of benzene rings is 1. The molecule has 1 aromatic carbocycles. The molecule has 0 saturated heterocycles. The minimum atomic E-state index is -0.255. The third kappa shape index (κ3) is 4.40. The number of nitriles is 2. The standard InChI is InChI=1S/C17H15N5O2S/c1-10-3-4-14(24-2)13(5-10)21-15(23)9-25-17-12(8-19)6-11(7-18)16(20)22-17/h3-6H,9H2,1-2H3,(H2,20,22)(H,21,23)/p+1. The number of nitrogen functional groups attached to an aromatic ring is 1. The van der Waals surface area contributed by atoms with Crippen molar-refractivity contribution in [2.45, 2.75) is 11.9 Å². The zero-order valence-electron chi connectivity index (χ0n) is 13.7. The maximum atomic E-state index is 12.2. The van der Waals surface area contributed by atoms with Crippen LogP contribution >= 0.6 is 11.8 Å². The van der Waals surface area contributed by atoms with Gasteiger partial charge < -0.3 is 10.1 Å². The lowest BCUT2D eigenvalue weighted by Crippen LogP contribution is -2.20. The summed E-state index contributed by atoms with van der Waals surface area (Å²) in [7, 11) is 1.53. The van der Waals surface area contributed by atoms with Crippen molar-refractivity contribution in [1.82, 2.24) is 0 Å². The molecule has 0 unspecified atom stereocenters. The first kappa shape index (κ1) is 18.1. The molecule has 7 nitrogen and oxygen atoms in total. The number of H-pyrrole nitrogens is 1. The number of rotatable bonds is 5. The quantitative estimate of drug-likeness (QED) is 0.789. The van der Waals surface area contributed by atoms with Crippen LogP contribution in [0.5, 0.6) is 5.75 Å². The summed E-state index contributed by atoms with van der Waals surface area (Å²) in [6.45, 7) is 1.91. The van der Waals surface area contributed by atoms with Crippen LogP contribution in [0.4, 0.5) is 11.5 Å². The lowest BCUT2D eigenvalue weighted by molar-refractivity contribution is -0.410. The molecule has 2 rings (SSSR count). The van der Waals surface area contributed by atoms with E-state index in [-0.39, 0.29) is 28.6 Å². The van der Waals surface area contributed by atoms with Crippen LogP contribution in [0.25, 0.3) is 0 Å². The van der Waals surface area contributed by atoms with Gasteiger partial charge in [-0.3, -0.25) is 10.5 Å². The zero-order valence-corrected chi connectivity index (χ0v) is 14.5. The summed E-state index contributed by atoms with van der Waals surface area (Å²) in [5, 5.41) is 21.3. The van der Waals surface area contributed by atoms with Gasteiger partial charge in [0.2, 0.25) is 5.91 Å². The van der Waals surface area contributed by atoms with Gasteiger partial charge in [0.15, 0.2) is 5.03 Å². The van der Waals surface area contributed by atoms with E-state index in [1.807, 2.05) is 31.2 Å².